The molecule has 0 amide bonds. The van der Waals surface area contributed by atoms with Gasteiger partial charge in [0.2, 0.25) is 0 Å². The predicted molar refractivity (Wildman–Crippen MR) is 63.4 cm³/mol. The summed E-state index contributed by atoms with van der Waals surface area (Å²) in [4.78, 5) is 11.8. The summed E-state index contributed by atoms with van der Waals surface area (Å²) in [6, 6.07) is 5.95. The molecule has 0 unspecified atom stereocenters. The first-order valence-corrected chi connectivity index (χ1v) is 5.46. The number of carbonyl (C=O) groups is 1. The van der Waals surface area contributed by atoms with E-state index < -0.39 is 0 Å². The molecule has 0 aliphatic carbocycles. The average Bonchev–Trinajstić information content (AvgIpc) is 2.17. The van der Waals surface area contributed by atoms with Crippen LogP contribution in [0.5, 0.6) is 0 Å². The minimum Gasteiger partial charge on any atom is -0.310 e. The van der Waals surface area contributed by atoms with Crippen molar-refractivity contribution in [3.63, 3.8) is 0 Å². The van der Waals surface area contributed by atoms with Crippen LogP contribution in [0.15, 0.2) is 18.2 Å². The maximum atomic E-state index is 11.8. The van der Waals surface area contributed by atoms with Crippen LogP contribution < -0.4 is 5.32 Å². The van der Waals surface area contributed by atoms with E-state index in [-0.39, 0.29) is 5.78 Å². The Morgan fingerprint density at radius 2 is 2.07 bits per heavy atom. The molecule has 1 rings (SSSR count). The lowest BCUT2D eigenvalue weighted by Crippen LogP contribution is -2.24. The number of ketones is 1. The Hall–Kier alpha value is -1.15. The van der Waals surface area contributed by atoms with Gasteiger partial charge in [0.15, 0.2) is 5.78 Å². The van der Waals surface area contributed by atoms with Gasteiger partial charge in [0, 0.05) is 5.56 Å². The molecule has 15 heavy (non-hydrogen) atoms. The van der Waals surface area contributed by atoms with Gasteiger partial charge in [-0.25, -0.2) is 0 Å². The Bertz CT molecular complexity index is 344. The number of Topliss-reactive ketones (excluding diaryl/α,β-unsaturated/α-hetero) is 1. The third-order valence-electron chi connectivity index (χ3n) is 2.39. The molecule has 0 spiro atoms. The normalized spacial score (nSPS) is 10.3. The maximum absolute atomic E-state index is 11.8. The van der Waals surface area contributed by atoms with Crippen LogP contribution in [0.1, 0.15) is 34.8 Å². The molecule has 82 valence electrons. The van der Waals surface area contributed by atoms with Crippen molar-refractivity contribution >= 4 is 5.78 Å². The second-order valence-electron chi connectivity index (χ2n) is 3.92. The molecule has 0 saturated heterocycles. The lowest BCUT2D eigenvalue weighted by Gasteiger charge is -2.06. The summed E-state index contributed by atoms with van der Waals surface area (Å²) >= 11 is 0. The fraction of sp³-hybridized carbons (Fsp3) is 0.462. The summed E-state index contributed by atoms with van der Waals surface area (Å²) in [5, 5.41) is 3.13. The van der Waals surface area contributed by atoms with E-state index in [1.165, 1.54) is 5.56 Å². The summed E-state index contributed by atoms with van der Waals surface area (Å²) in [6.45, 7) is 7.46. The van der Waals surface area contributed by atoms with Crippen molar-refractivity contribution in [2.75, 3.05) is 13.1 Å². The van der Waals surface area contributed by atoms with Crippen molar-refractivity contribution in [2.45, 2.75) is 27.2 Å². The summed E-state index contributed by atoms with van der Waals surface area (Å²) in [5.41, 5.74) is 3.10. The second kappa shape index (κ2) is 5.66. The van der Waals surface area contributed by atoms with Crippen LogP contribution in [0, 0.1) is 13.8 Å². The number of benzene rings is 1. The molecular weight excluding hydrogens is 186 g/mol. The van der Waals surface area contributed by atoms with Gasteiger partial charge in [-0.05, 0) is 32.4 Å². The van der Waals surface area contributed by atoms with E-state index in [1.807, 2.05) is 32.0 Å². The first kappa shape index (κ1) is 11.9. The Kier molecular flexibility index (Phi) is 4.50. The number of hydrogen-bond acceptors (Lipinski definition) is 2. The van der Waals surface area contributed by atoms with Crippen LogP contribution >= 0.6 is 0 Å². The summed E-state index contributed by atoms with van der Waals surface area (Å²) in [6.07, 6.45) is 1.06. The van der Waals surface area contributed by atoms with E-state index in [4.69, 9.17) is 0 Å². The number of aryl methyl sites for hydroxylation is 2. The lowest BCUT2D eigenvalue weighted by molar-refractivity contribution is 0.0991. The van der Waals surface area contributed by atoms with Crippen LogP contribution in [0.2, 0.25) is 0 Å². The van der Waals surface area contributed by atoms with Crippen LogP contribution in [0.25, 0.3) is 0 Å². The standard InChI is InChI=1S/C13H19NO/c1-4-7-14-9-13(15)12-6-5-10(2)8-11(12)3/h5-6,8,14H,4,7,9H2,1-3H3. The van der Waals surface area contributed by atoms with Crippen LogP contribution in [-0.2, 0) is 0 Å². The molecule has 0 aliphatic rings. The van der Waals surface area contributed by atoms with Gasteiger partial charge in [-0.15, -0.1) is 0 Å². The van der Waals surface area contributed by atoms with Gasteiger partial charge in [0.25, 0.3) is 0 Å². The van der Waals surface area contributed by atoms with Crippen molar-refractivity contribution in [1.29, 1.82) is 0 Å². The first-order chi connectivity index (χ1) is 7.15. The third-order valence-corrected chi connectivity index (χ3v) is 2.39. The van der Waals surface area contributed by atoms with E-state index >= 15 is 0 Å². The zero-order valence-corrected chi connectivity index (χ0v) is 9.76. The van der Waals surface area contributed by atoms with Gasteiger partial charge >= 0.3 is 0 Å². The van der Waals surface area contributed by atoms with Crippen LogP contribution in [-0.4, -0.2) is 18.9 Å². The first-order valence-electron chi connectivity index (χ1n) is 5.46. The highest BCUT2D eigenvalue weighted by Gasteiger charge is 2.07. The monoisotopic (exact) mass is 205 g/mol. The molecule has 1 aromatic carbocycles. The van der Waals surface area contributed by atoms with Gasteiger partial charge < -0.3 is 5.32 Å². The largest absolute Gasteiger partial charge is 0.310 e. The van der Waals surface area contributed by atoms with Crippen molar-refractivity contribution in [3.05, 3.63) is 34.9 Å². The Labute approximate surface area is 91.7 Å². The third kappa shape index (κ3) is 3.48. The summed E-state index contributed by atoms with van der Waals surface area (Å²) < 4.78 is 0. The second-order valence-corrected chi connectivity index (χ2v) is 3.92. The fourth-order valence-electron chi connectivity index (χ4n) is 1.60. The van der Waals surface area contributed by atoms with Gasteiger partial charge in [0.1, 0.15) is 0 Å². The average molecular weight is 205 g/mol. The molecule has 0 aromatic heterocycles. The molecule has 1 N–H and O–H groups in total. The minimum absolute atomic E-state index is 0.181. The molecule has 0 fully saturated rings. The molecule has 0 radical (unpaired) electrons. The highest BCUT2D eigenvalue weighted by Crippen LogP contribution is 2.10. The van der Waals surface area contributed by atoms with Crippen LogP contribution in [0.4, 0.5) is 0 Å². The lowest BCUT2D eigenvalue weighted by atomic mass is 10.0. The highest BCUT2D eigenvalue weighted by molar-refractivity contribution is 5.98. The van der Waals surface area contributed by atoms with E-state index in [9.17, 15) is 4.79 Å². The highest BCUT2D eigenvalue weighted by atomic mass is 16.1. The maximum Gasteiger partial charge on any atom is 0.176 e. The number of nitrogens with one attached hydrogen (secondary N) is 1. The predicted octanol–water partition coefficient (Wildman–Crippen LogP) is 2.49. The van der Waals surface area contributed by atoms with Gasteiger partial charge in [0.05, 0.1) is 6.54 Å². The Morgan fingerprint density at radius 3 is 2.67 bits per heavy atom. The van der Waals surface area contributed by atoms with Crippen molar-refractivity contribution in [1.82, 2.24) is 5.32 Å². The molecule has 2 heteroatoms. The summed E-state index contributed by atoms with van der Waals surface area (Å²) in [5.74, 6) is 0.181. The minimum atomic E-state index is 0.181. The zero-order chi connectivity index (χ0) is 11.3. The summed E-state index contributed by atoms with van der Waals surface area (Å²) in [7, 11) is 0. The van der Waals surface area contributed by atoms with Gasteiger partial charge in [-0.3, -0.25) is 4.79 Å². The SMILES string of the molecule is CCCNCC(=O)c1ccc(C)cc1C. The Balaban J connectivity index is 2.65. The molecule has 0 heterocycles. The topological polar surface area (TPSA) is 29.1 Å². The van der Waals surface area contributed by atoms with E-state index in [2.05, 4.69) is 12.2 Å². The van der Waals surface area contributed by atoms with Crippen molar-refractivity contribution in [2.24, 2.45) is 0 Å². The quantitative estimate of drug-likeness (QED) is 0.591. The zero-order valence-electron chi connectivity index (χ0n) is 9.76. The number of rotatable bonds is 5. The van der Waals surface area contributed by atoms with Gasteiger partial charge in [-0.1, -0.05) is 30.7 Å². The van der Waals surface area contributed by atoms with E-state index in [1.54, 1.807) is 0 Å². The van der Waals surface area contributed by atoms with Gasteiger partial charge in [-0.2, -0.15) is 0 Å². The Morgan fingerprint density at radius 1 is 1.33 bits per heavy atom. The van der Waals surface area contributed by atoms with Crippen LogP contribution in [0.3, 0.4) is 0 Å². The smallest absolute Gasteiger partial charge is 0.176 e. The number of hydrogen-bond donors (Lipinski definition) is 1. The molecule has 2 nitrogen and oxygen atoms in total. The molecule has 0 bridgehead atoms. The van der Waals surface area contributed by atoms with Crippen molar-refractivity contribution < 1.29 is 4.79 Å². The van der Waals surface area contributed by atoms with E-state index in [0.717, 1.165) is 24.1 Å². The molecule has 0 saturated carbocycles. The molecule has 1 aromatic rings. The molecular formula is C13H19NO. The fourth-order valence-corrected chi connectivity index (χ4v) is 1.60. The number of carbonyl (C=O) groups excluding carboxylic acids is 1. The van der Waals surface area contributed by atoms with Crippen molar-refractivity contribution in [3.8, 4) is 0 Å². The molecule has 0 aliphatic heterocycles. The molecule has 0 atom stereocenters. The van der Waals surface area contributed by atoms with E-state index in [0.29, 0.717) is 6.54 Å².